The van der Waals surface area contributed by atoms with E-state index in [0.29, 0.717) is 12.4 Å². The molecule has 3 heteroatoms. The first-order valence-corrected chi connectivity index (χ1v) is 5.99. The second-order valence-corrected chi connectivity index (χ2v) is 4.25. The van der Waals surface area contributed by atoms with Gasteiger partial charge >= 0.3 is 0 Å². The topological polar surface area (TPSA) is 30.8 Å². The predicted octanol–water partition coefficient (Wildman–Crippen LogP) is 2.72. The van der Waals surface area contributed by atoms with Crippen LogP contribution >= 0.6 is 0 Å². The van der Waals surface area contributed by atoms with E-state index in [9.17, 15) is 0 Å². The van der Waals surface area contributed by atoms with Crippen LogP contribution in [0, 0.1) is 0 Å². The highest BCUT2D eigenvalue weighted by atomic mass is 16.5. The molecule has 0 saturated heterocycles. The fraction of sp³-hybridized carbons (Fsp3) is 0.0625. The van der Waals surface area contributed by atoms with E-state index in [1.165, 1.54) is 0 Å². The van der Waals surface area contributed by atoms with E-state index in [2.05, 4.69) is 18.2 Å². The van der Waals surface area contributed by atoms with Gasteiger partial charge in [-0.2, -0.15) is 0 Å². The summed E-state index contributed by atoms with van der Waals surface area (Å²) in [5.74, 6) is 2.16. The number of nitrogens with zero attached hydrogens (tertiary/aromatic N) is 1. The molecule has 1 heterocycles. The average Bonchev–Trinajstić information content (AvgIpc) is 2.42. The van der Waals surface area contributed by atoms with E-state index in [1.807, 2.05) is 36.4 Å². The van der Waals surface area contributed by atoms with E-state index in [1.54, 1.807) is 6.08 Å². The Morgan fingerprint density at radius 2 is 2.05 bits per heavy atom. The van der Waals surface area contributed by atoms with Gasteiger partial charge in [-0.05, 0) is 29.5 Å². The van der Waals surface area contributed by atoms with Crippen molar-refractivity contribution < 1.29 is 9.47 Å². The lowest BCUT2D eigenvalue weighted by Crippen LogP contribution is -2.13. The van der Waals surface area contributed by atoms with Crippen molar-refractivity contribution in [2.45, 2.75) is 0 Å². The van der Waals surface area contributed by atoms with Crippen molar-refractivity contribution in [3.05, 3.63) is 59.6 Å². The fourth-order valence-corrected chi connectivity index (χ4v) is 1.89. The minimum absolute atomic E-state index is 0.468. The van der Waals surface area contributed by atoms with Crippen LogP contribution in [0.15, 0.2) is 54.0 Å². The SMILES string of the molecule is C=CCOc1ccc2c(c1)Oc1cc(=C)ccc1=N2. The third-order valence-electron chi connectivity index (χ3n) is 2.78. The van der Waals surface area contributed by atoms with E-state index in [0.717, 1.165) is 27.8 Å². The molecule has 1 aliphatic rings. The van der Waals surface area contributed by atoms with Gasteiger partial charge in [-0.1, -0.05) is 25.3 Å². The Bertz CT molecular complexity index is 750. The van der Waals surface area contributed by atoms with E-state index < -0.39 is 0 Å². The van der Waals surface area contributed by atoms with Crippen LogP contribution in [0.4, 0.5) is 5.69 Å². The number of fused-ring (bicyclic) bond motifs is 2. The molecule has 0 aromatic heterocycles. The first-order valence-electron chi connectivity index (χ1n) is 5.99. The summed E-state index contributed by atoms with van der Waals surface area (Å²) in [6.45, 7) is 7.97. The zero-order chi connectivity index (χ0) is 13.2. The average molecular weight is 251 g/mol. The van der Waals surface area contributed by atoms with Crippen LogP contribution in [-0.4, -0.2) is 6.61 Å². The Hall–Kier alpha value is -2.55. The molecule has 0 fully saturated rings. The van der Waals surface area contributed by atoms with Crippen LogP contribution in [-0.2, 0) is 0 Å². The molecule has 0 bridgehead atoms. The molecule has 0 radical (unpaired) electrons. The Morgan fingerprint density at radius 3 is 2.89 bits per heavy atom. The van der Waals surface area contributed by atoms with Crippen molar-refractivity contribution in [1.82, 2.24) is 0 Å². The Balaban J connectivity index is 2.04. The number of benzene rings is 2. The lowest BCUT2D eigenvalue weighted by molar-refractivity contribution is 0.360. The van der Waals surface area contributed by atoms with Gasteiger partial charge in [0.25, 0.3) is 0 Å². The molecule has 0 unspecified atom stereocenters. The second-order valence-electron chi connectivity index (χ2n) is 4.25. The molecule has 2 aromatic rings. The summed E-state index contributed by atoms with van der Waals surface area (Å²) in [5.41, 5.74) is 0.801. The van der Waals surface area contributed by atoms with Gasteiger partial charge in [0.1, 0.15) is 23.4 Å². The fourth-order valence-electron chi connectivity index (χ4n) is 1.89. The second kappa shape index (κ2) is 4.61. The van der Waals surface area contributed by atoms with Crippen molar-refractivity contribution in [2.75, 3.05) is 6.61 Å². The standard InChI is InChI=1S/C16H13NO2/c1-3-8-18-12-5-7-14-16(10-12)19-15-9-11(2)4-6-13(15)17-14/h3-7,9-10H,1-2,8H2. The minimum atomic E-state index is 0.468. The third-order valence-corrected chi connectivity index (χ3v) is 2.78. The molecule has 0 N–H and O–H groups in total. The predicted molar refractivity (Wildman–Crippen MR) is 74.6 cm³/mol. The molecule has 0 atom stereocenters. The van der Waals surface area contributed by atoms with E-state index >= 15 is 0 Å². The van der Waals surface area contributed by atoms with Gasteiger partial charge in [0, 0.05) is 6.07 Å². The number of ether oxygens (including phenoxy) is 2. The van der Waals surface area contributed by atoms with Crippen LogP contribution in [0.3, 0.4) is 0 Å². The molecular formula is C16H13NO2. The van der Waals surface area contributed by atoms with Gasteiger partial charge in [-0.25, -0.2) is 4.99 Å². The van der Waals surface area contributed by atoms with E-state index in [4.69, 9.17) is 9.47 Å². The lowest BCUT2D eigenvalue weighted by Gasteiger charge is -2.15. The van der Waals surface area contributed by atoms with Gasteiger partial charge in [0.2, 0.25) is 0 Å². The molecule has 0 aliphatic carbocycles. The van der Waals surface area contributed by atoms with Gasteiger partial charge in [0.15, 0.2) is 11.5 Å². The number of hydrogen-bond donors (Lipinski definition) is 0. The Kier molecular flexibility index (Phi) is 2.80. The van der Waals surface area contributed by atoms with E-state index in [-0.39, 0.29) is 0 Å². The van der Waals surface area contributed by atoms with Crippen molar-refractivity contribution in [3.8, 4) is 17.2 Å². The first kappa shape index (κ1) is 11.5. The summed E-state index contributed by atoms with van der Waals surface area (Å²) in [7, 11) is 0. The third kappa shape index (κ3) is 2.22. The molecule has 94 valence electrons. The molecule has 0 spiro atoms. The highest BCUT2D eigenvalue weighted by molar-refractivity contribution is 5.58. The maximum Gasteiger partial charge on any atom is 0.156 e. The van der Waals surface area contributed by atoms with Crippen molar-refractivity contribution >= 4 is 12.3 Å². The van der Waals surface area contributed by atoms with Crippen LogP contribution in [0.25, 0.3) is 6.58 Å². The van der Waals surface area contributed by atoms with Crippen LogP contribution < -0.4 is 20.0 Å². The molecule has 19 heavy (non-hydrogen) atoms. The summed E-state index contributed by atoms with van der Waals surface area (Å²) in [6.07, 6.45) is 1.70. The normalized spacial score (nSPS) is 11.6. The largest absolute Gasteiger partial charge is 0.489 e. The highest BCUT2D eigenvalue weighted by Gasteiger charge is 2.12. The van der Waals surface area contributed by atoms with Crippen molar-refractivity contribution in [2.24, 2.45) is 4.99 Å². The summed E-state index contributed by atoms with van der Waals surface area (Å²) in [6, 6.07) is 11.3. The van der Waals surface area contributed by atoms with Gasteiger partial charge in [-0.15, -0.1) is 0 Å². The smallest absolute Gasteiger partial charge is 0.156 e. The summed E-state index contributed by atoms with van der Waals surface area (Å²) < 4.78 is 11.3. The zero-order valence-electron chi connectivity index (χ0n) is 10.4. The minimum Gasteiger partial charge on any atom is -0.489 e. The van der Waals surface area contributed by atoms with Crippen molar-refractivity contribution in [1.29, 1.82) is 0 Å². The van der Waals surface area contributed by atoms with Crippen LogP contribution in [0.1, 0.15) is 0 Å². The lowest BCUT2D eigenvalue weighted by atomic mass is 10.2. The highest BCUT2D eigenvalue weighted by Crippen LogP contribution is 2.36. The van der Waals surface area contributed by atoms with Gasteiger partial charge < -0.3 is 9.47 Å². The van der Waals surface area contributed by atoms with Crippen LogP contribution in [0.2, 0.25) is 0 Å². The maximum absolute atomic E-state index is 5.84. The Labute approximate surface area is 111 Å². The molecule has 3 rings (SSSR count). The summed E-state index contributed by atoms with van der Waals surface area (Å²) in [5, 5.41) is 1.72. The molecular weight excluding hydrogens is 238 g/mol. The monoisotopic (exact) mass is 251 g/mol. The molecule has 0 saturated carbocycles. The van der Waals surface area contributed by atoms with Crippen molar-refractivity contribution in [3.63, 3.8) is 0 Å². The summed E-state index contributed by atoms with van der Waals surface area (Å²) >= 11 is 0. The van der Waals surface area contributed by atoms with Gasteiger partial charge in [-0.3, -0.25) is 0 Å². The molecule has 0 amide bonds. The van der Waals surface area contributed by atoms with Crippen LogP contribution in [0.5, 0.6) is 17.2 Å². The van der Waals surface area contributed by atoms with Gasteiger partial charge in [0.05, 0.1) is 0 Å². The first-order chi connectivity index (χ1) is 9.26. The zero-order valence-corrected chi connectivity index (χ0v) is 10.4. The molecule has 2 aromatic carbocycles. The Morgan fingerprint density at radius 1 is 1.16 bits per heavy atom. The molecule has 3 nitrogen and oxygen atoms in total. The summed E-state index contributed by atoms with van der Waals surface area (Å²) in [4.78, 5) is 4.54. The number of hydrogen-bond acceptors (Lipinski definition) is 3. The molecule has 1 aliphatic heterocycles. The quantitative estimate of drug-likeness (QED) is 0.670. The maximum atomic E-state index is 5.84. The number of rotatable bonds is 3.